The van der Waals surface area contributed by atoms with E-state index in [2.05, 4.69) is 9.97 Å². The highest BCUT2D eigenvalue weighted by Crippen LogP contribution is 2.41. The lowest BCUT2D eigenvalue weighted by atomic mass is 9.98. The van der Waals surface area contributed by atoms with Crippen LogP contribution in [0.15, 0.2) is 87.1 Å². The zero-order valence-corrected chi connectivity index (χ0v) is 23.4. The summed E-state index contributed by atoms with van der Waals surface area (Å²) < 4.78 is 86.4. The molecule has 0 fully saturated rings. The van der Waals surface area contributed by atoms with Gasteiger partial charge in [0, 0.05) is 34.0 Å². The van der Waals surface area contributed by atoms with Gasteiger partial charge in [-0.1, -0.05) is 30.3 Å². The first kappa shape index (κ1) is 28.9. The molecule has 0 aliphatic carbocycles. The van der Waals surface area contributed by atoms with Gasteiger partial charge in [-0.2, -0.15) is 26.3 Å². The molecule has 0 atom stereocenters. The van der Waals surface area contributed by atoms with Gasteiger partial charge in [-0.3, -0.25) is 0 Å². The Kier molecular flexibility index (Phi) is 7.73. The molecule has 3 aromatic carbocycles. The third-order valence-electron chi connectivity index (χ3n) is 6.17. The van der Waals surface area contributed by atoms with Crippen LogP contribution in [-0.2, 0) is 6.18 Å². The second-order valence-electron chi connectivity index (χ2n) is 8.99. The molecule has 0 aliphatic rings. The van der Waals surface area contributed by atoms with E-state index in [4.69, 9.17) is 4.42 Å². The van der Waals surface area contributed by atoms with Gasteiger partial charge in [-0.15, -0.1) is 11.8 Å². The summed E-state index contributed by atoms with van der Waals surface area (Å²) in [5.41, 5.74) is -2.15. The van der Waals surface area contributed by atoms with E-state index < -0.39 is 17.4 Å². The average Bonchev–Trinajstić information content (AvgIpc) is 3.50. The lowest BCUT2D eigenvalue weighted by Crippen LogP contribution is -2.05. The Labute approximate surface area is 239 Å². The van der Waals surface area contributed by atoms with E-state index >= 15 is 0 Å². The summed E-state index contributed by atoms with van der Waals surface area (Å²) in [4.78, 5) is 9.32. The first-order valence-electron chi connectivity index (χ1n) is 12.1. The Morgan fingerprint density at radius 1 is 0.780 bits per heavy atom. The maximum Gasteiger partial charge on any atom is 0.446 e. The van der Waals surface area contributed by atoms with Gasteiger partial charge in [0.05, 0.1) is 5.69 Å². The van der Waals surface area contributed by atoms with Crippen molar-refractivity contribution in [1.82, 2.24) is 14.5 Å². The molecule has 2 heterocycles. The van der Waals surface area contributed by atoms with Gasteiger partial charge in [0.2, 0.25) is 0 Å². The highest BCUT2D eigenvalue weighted by molar-refractivity contribution is 8.00. The summed E-state index contributed by atoms with van der Waals surface area (Å²) in [6.45, 7) is 3.09. The number of benzene rings is 3. The molecule has 0 bridgehead atoms. The Morgan fingerprint density at radius 2 is 1.46 bits per heavy atom. The summed E-state index contributed by atoms with van der Waals surface area (Å²) in [6, 6.07) is 18.8. The first-order valence-corrected chi connectivity index (χ1v) is 14.1. The van der Waals surface area contributed by atoms with Crippen molar-refractivity contribution < 1.29 is 30.8 Å². The highest BCUT2D eigenvalue weighted by Gasteiger charge is 2.35. The quantitative estimate of drug-likeness (QED) is 0.142. The Bertz CT molecular complexity index is 1710. The van der Waals surface area contributed by atoms with Gasteiger partial charge in [-0.05, 0) is 72.5 Å². The maximum absolute atomic E-state index is 13.5. The maximum atomic E-state index is 13.5. The lowest BCUT2D eigenvalue weighted by molar-refractivity contribution is -0.141. The normalized spacial score (nSPS) is 12.2. The molecule has 2 aromatic heterocycles. The summed E-state index contributed by atoms with van der Waals surface area (Å²) in [5.74, 6) is 0.671. The molecule has 5 rings (SSSR count). The second kappa shape index (κ2) is 11.0. The Morgan fingerprint density at radius 3 is 2.10 bits per heavy atom. The predicted octanol–water partition coefficient (Wildman–Crippen LogP) is 9.83. The van der Waals surface area contributed by atoms with Crippen LogP contribution in [0.25, 0.3) is 39.4 Å². The van der Waals surface area contributed by atoms with E-state index in [-0.39, 0.29) is 34.1 Å². The van der Waals surface area contributed by atoms with Crippen LogP contribution < -0.4 is 0 Å². The number of hydrogen-bond acceptors (Lipinski definition) is 5. The molecular weight excluding hydrogens is 584 g/mol. The SMILES string of the molecule is CSc1cccc(-c2ccc(-n3cc(C(F)(F)F)nc3C)c(-c3nc(C)oc3-c3ccc(SC(F)(F)F)cc3)c2)c1. The van der Waals surface area contributed by atoms with Crippen LogP contribution in [0.3, 0.4) is 0 Å². The average molecular weight is 606 g/mol. The van der Waals surface area contributed by atoms with Crippen molar-refractivity contribution in [2.45, 2.75) is 35.3 Å². The molecule has 0 amide bonds. The highest BCUT2D eigenvalue weighted by atomic mass is 32.2. The third-order valence-corrected chi connectivity index (χ3v) is 7.64. The predicted molar refractivity (Wildman–Crippen MR) is 148 cm³/mol. The minimum atomic E-state index is -4.64. The van der Waals surface area contributed by atoms with Crippen molar-refractivity contribution in [2.24, 2.45) is 0 Å². The number of halogens is 6. The topological polar surface area (TPSA) is 43.9 Å². The molecule has 0 unspecified atom stereocenters. The smallest absolute Gasteiger partial charge is 0.440 e. The van der Waals surface area contributed by atoms with Crippen LogP contribution in [0.1, 0.15) is 17.4 Å². The number of imidazole rings is 1. The molecule has 12 heteroatoms. The van der Waals surface area contributed by atoms with Crippen molar-refractivity contribution >= 4 is 23.5 Å². The first-order chi connectivity index (χ1) is 19.3. The Balaban J connectivity index is 1.70. The fraction of sp³-hybridized carbons (Fsp3) is 0.172. The number of aromatic nitrogens is 3. The van der Waals surface area contributed by atoms with E-state index in [1.807, 2.05) is 36.6 Å². The number of alkyl halides is 6. The van der Waals surface area contributed by atoms with Gasteiger partial charge in [-0.25, -0.2) is 9.97 Å². The molecule has 4 nitrogen and oxygen atoms in total. The zero-order valence-electron chi connectivity index (χ0n) is 21.8. The van der Waals surface area contributed by atoms with Crippen LogP contribution >= 0.6 is 23.5 Å². The number of rotatable bonds is 6. The number of hydrogen-bond donors (Lipinski definition) is 0. The van der Waals surface area contributed by atoms with Gasteiger partial charge in [0.15, 0.2) is 17.3 Å². The van der Waals surface area contributed by atoms with Crippen molar-refractivity contribution in [1.29, 1.82) is 0 Å². The van der Waals surface area contributed by atoms with Gasteiger partial charge in [0.1, 0.15) is 11.5 Å². The molecule has 0 saturated carbocycles. The fourth-order valence-electron chi connectivity index (χ4n) is 4.38. The molecule has 212 valence electrons. The van der Waals surface area contributed by atoms with Crippen LogP contribution in [0.5, 0.6) is 0 Å². The van der Waals surface area contributed by atoms with Crippen LogP contribution in [0, 0.1) is 13.8 Å². The number of aryl methyl sites for hydroxylation is 2. The number of nitrogens with zero attached hydrogens (tertiary/aromatic N) is 3. The van der Waals surface area contributed by atoms with Crippen LogP contribution in [-0.4, -0.2) is 26.3 Å². The summed E-state index contributed by atoms with van der Waals surface area (Å²) in [5, 5.41) is 0. The second-order valence-corrected chi connectivity index (χ2v) is 11.0. The molecule has 41 heavy (non-hydrogen) atoms. The van der Waals surface area contributed by atoms with E-state index in [1.54, 1.807) is 30.8 Å². The number of thioether (sulfide) groups is 2. The van der Waals surface area contributed by atoms with Crippen LogP contribution in [0.2, 0.25) is 0 Å². The minimum absolute atomic E-state index is 0.00381. The van der Waals surface area contributed by atoms with Crippen molar-refractivity contribution in [2.75, 3.05) is 6.26 Å². The summed E-state index contributed by atoms with van der Waals surface area (Å²) in [6.07, 6.45) is -1.76. The minimum Gasteiger partial charge on any atom is -0.440 e. The zero-order chi connectivity index (χ0) is 29.5. The fourth-order valence-corrected chi connectivity index (χ4v) is 5.38. The van der Waals surface area contributed by atoms with Crippen LogP contribution in [0.4, 0.5) is 26.3 Å². The molecular formula is C29H21F6N3OS2. The van der Waals surface area contributed by atoms with Gasteiger partial charge in [0.25, 0.3) is 0 Å². The van der Waals surface area contributed by atoms with E-state index in [9.17, 15) is 26.3 Å². The monoisotopic (exact) mass is 605 g/mol. The van der Waals surface area contributed by atoms with Crippen molar-refractivity contribution in [3.05, 3.63) is 90.3 Å². The van der Waals surface area contributed by atoms with E-state index in [0.29, 0.717) is 22.5 Å². The van der Waals surface area contributed by atoms with Crippen molar-refractivity contribution in [3.8, 4) is 39.4 Å². The van der Waals surface area contributed by atoms with Gasteiger partial charge >= 0.3 is 11.7 Å². The molecule has 0 spiro atoms. The molecule has 0 aliphatic heterocycles. The summed E-state index contributed by atoms with van der Waals surface area (Å²) in [7, 11) is 0. The lowest BCUT2D eigenvalue weighted by Gasteiger charge is -2.14. The molecule has 0 radical (unpaired) electrons. The largest absolute Gasteiger partial charge is 0.446 e. The Hall–Kier alpha value is -3.64. The van der Waals surface area contributed by atoms with Gasteiger partial charge < -0.3 is 8.98 Å². The number of oxazole rings is 1. The van der Waals surface area contributed by atoms with Crippen molar-refractivity contribution in [3.63, 3.8) is 0 Å². The summed E-state index contributed by atoms with van der Waals surface area (Å²) >= 11 is 1.34. The molecule has 0 N–H and O–H groups in total. The third kappa shape index (κ3) is 6.33. The molecule has 5 aromatic rings. The molecule has 0 saturated heterocycles. The van der Waals surface area contributed by atoms with E-state index in [1.165, 1.54) is 35.8 Å². The van der Waals surface area contributed by atoms with E-state index in [0.717, 1.165) is 22.2 Å². The standard InChI is InChI=1S/C29H21F6N3OS2/c1-16-36-25(28(30,31)32)15-38(16)24-12-9-20(19-5-4-6-22(13-19)40-3)14-23(24)26-27(39-17(2)37-26)18-7-10-21(11-8-18)41-29(33,34)35/h4-15H,1-3H3.